The Hall–Kier alpha value is -3.89. The highest BCUT2D eigenvalue weighted by atomic mass is 19.4. The number of para-hydroxylation sites is 1. The number of hydrogen-bond donors (Lipinski definition) is 3. The lowest BCUT2D eigenvalue weighted by Crippen LogP contribution is -2.35. The normalized spacial score (nSPS) is 11.2. The van der Waals surface area contributed by atoms with Crippen LogP contribution in [0.4, 0.5) is 13.2 Å². The van der Waals surface area contributed by atoms with E-state index in [0.29, 0.717) is 5.69 Å². The molecule has 2 heterocycles. The van der Waals surface area contributed by atoms with Crippen molar-refractivity contribution in [2.45, 2.75) is 6.18 Å². The van der Waals surface area contributed by atoms with Gasteiger partial charge >= 0.3 is 6.18 Å². The van der Waals surface area contributed by atoms with E-state index in [2.05, 4.69) is 20.7 Å². The number of halogens is 3. The van der Waals surface area contributed by atoms with Crippen molar-refractivity contribution in [1.82, 2.24) is 25.4 Å². The number of carbonyl (C=O) groups is 2. The van der Waals surface area contributed by atoms with Crippen molar-refractivity contribution in [3.05, 3.63) is 71.7 Å². The molecule has 0 saturated heterocycles. The van der Waals surface area contributed by atoms with Crippen molar-refractivity contribution in [1.29, 1.82) is 0 Å². The number of benzene rings is 1. The van der Waals surface area contributed by atoms with Crippen LogP contribution in [-0.2, 0) is 6.18 Å². The van der Waals surface area contributed by atoms with Crippen LogP contribution in [0, 0.1) is 0 Å². The van der Waals surface area contributed by atoms with Gasteiger partial charge in [0.25, 0.3) is 11.8 Å². The number of carbonyl (C=O) groups excluding carboxylic acids is 2. The second-order valence-electron chi connectivity index (χ2n) is 6.09. The Labute approximate surface area is 168 Å². The number of nitrogens with one attached hydrogen (secondary N) is 2. The number of rotatable bonds is 6. The molecule has 3 rings (SSSR count). The molecule has 2 aromatic heterocycles. The second kappa shape index (κ2) is 8.64. The van der Waals surface area contributed by atoms with E-state index in [1.807, 2.05) is 0 Å². The molecule has 3 aromatic rings. The summed E-state index contributed by atoms with van der Waals surface area (Å²) in [4.78, 5) is 27.8. The van der Waals surface area contributed by atoms with Gasteiger partial charge in [-0.05, 0) is 18.2 Å². The molecule has 0 saturated carbocycles. The summed E-state index contributed by atoms with van der Waals surface area (Å²) >= 11 is 0. The van der Waals surface area contributed by atoms with Crippen LogP contribution in [0.1, 0.15) is 26.4 Å². The lowest BCUT2D eigenvalue weighted by Gasteiger charge is -2.08. The van der Waals surface area contributed by atoms with Gasteiger partial charge in [-0.25, -0.2) is 9.67 Å². The highest BCUT2D eigenvalue weighted by molar-refractivity contribution is 5.96. The first-order valence-corrected chi connectivity index (χ1v) is 8.69. The summed E-state index contributed by atoms with van der Waals surface area (Å²) in [6.07, 6.45) is -2.64. The molecule has 0 radical (unpaired) electrons. The van der Waals surface area contributed by atoms with Gasteiger partial charge in [-0.3, -0.25) is 9.59 Å². The van der Waals surface area contributed by atoms with Crippen molar-refractivity contribution in [3.8, 4) is 11.6 Å². The lowest BCUT2D eigenvalue weighted by atomic mass is 10.2. The van der Waals surface area contributed by atoms with Gasteiger partial charge in [-0.15, -0.1) is 0 Å². The summed E-state index contributed by atoms with van der Waals surface area (Å²) in [7, 11) is 0. The molecule has 0 fully saturated rings. The maximum atomic E-state index is 13.3. The van der Waals surface area contributed by atoms with Crippen LogP contribution in [0.25, 0.3) is 5.69 Å². The molecule has 0 aliphatic carbocycles. The number of hydrogen-bond acceptors (Lipinski definition) is 5. The summed E-state index contributed by atoms with van der Waals surface area (Å²) in [6, 6.07) is 10.7. The molecule has 2 amide bonds. The standard InChI is InChI=1S/C19H16F3N5O3/c20-19(21,22)16-14(11-27(26-16)13-4-2-1-3-5-13)18(30)24-9-8-23-17(29)12-6-7-15(28)25-10-12/h1-7,10-11H,8-9H2,(H,23,29)(H,24,30)(H,25,28). The Kier molecular flexibility index (Phi) is 6.00. The molecule has 1 aromatic carbocycles. The largest absolute Gasteiger partial charge is 0.493 e. The first-order valence-electron chi connectivity index (χ1n) is 8.69. The van der Waals surface area contributed by atoms with Crippen molar-refractivity contribution in [2.24, 2.45) is 0 Å². The van der Waals surface area contributed by atoms with Crippen molar-refractivity contribution < 1.29 is 27.9 Å². The summed E-state index contributed by atoms with van der Waals surface area (Å²) in [5.41, 5.74) is -1.37. The van der Waals surface area contributed by atoms with E-state index in [4.69, 9.17) is 5.11 Å². The molecule has 0 unspecified atom stereocenters. The number of nitrogens with zero attached hydrogens (tertiary/aromatic N) is 3. The number of amides is 2. The zero-order valence-electron chi connectivity index (χ0n) is 15.3. The van der Waals surface area contributed by atoms with E-state index < -0.39 is 29.2 Å². The van der Waals surface area contributed by atoms with E-state index in [1.54, 1.807) is 30.3 Å². The Morgan fingerprint density at radius 2 is 1.67 bits per heavy atom. The molecule has 0 bridgehead atoms. The van der Waals surface area contributed by atoms with Gasteiger partial charge in [0.2, 0.25) is 5.88 Å². The third kappa shape index (κ3) is 4.93. The molecule has 0 aliphatic heterocycles. The zero-order chi connectivity index (χ0) is 21.7. The van der Waals surface area contributed by atoms with Gasteiger partial charge < -0.3 is 15.7 Å². The number of aromatic nitrogens is 3. The molecule has 8 nitrogen and oxygen atoms in total. The van der Waals surface area contributed by atoms with E-state index >= 15 is 0 Å². The van der Waals surface area contributed by atoms with Gasteiger partial charge in [-0.1, -0.05) is 18.2 Å². The number of pyridine rings is 1. The Morgan fingerprint density at radius 1 is 1.00 bits per heavy atom. The molecule has 30 heavy (non-hydrogen) atoms. The first kappa shape index (κ1) is 20.8. The lowest BCUT2D eigenvalue weighted by molar-refractivity contribution is -0.141. The minimum Gasteiger partial charge on any atom is -0.493 e. The average molecular weight is 419 g/mol. The summed E-state index contributed by atoms with van der Waals surface area (Å²) < 4.78 is 40.9. The molecule has 0 atom stereocenters. The fourth-order valence-electron chi connectivity index (χ4n) is 2.53. The summed E-state index contributed by atoms with van der Waals surface area (Å²) in [5.74, 6) is -1.72. The monoisotopic (exact) mass is 419 g/mol. The number of alkyl halides is 3. The van der Waals surface area contributed by atoms with Gasteiger partial charge in [0.1, 0.15) is 0 Å². The Bertz CT molecular complexity index is 1030. The van der Waals surface area contributed by atoms with Crippen LogP contribution in [0.2, 0.25) is 0 Å². The highest BCUT2D eigenvalue weighted by Crippen LogP contribution is 2.31. The van der Waals surface area contributed by atoms with Gasteiger partial charge in [-0.2, -0.15) is 18.3 Å². The second-order valence-corrected chi connectivity index (χ2v) is 6.09. The maximum absolute atomic E-state index is 13.3. The molecular formula is C19H16F3N5O3. The van der Waals surface area contributed by atoms with Crippen LogP contribution in [0.15, 0.2) is 54.9 Å². The molecule has 0 spiro atoms. The minimum absolute atomic E-state index is 0.0282. The number of aromatic hydroxyl groups is 1. The molecule has 156 valence electrons. The zero-order valence-corrected chi connectivity index (χ0v) is 15.3. The van der Waals surface area contributed by atoms with Gasteiger partial charge in [0, 0.05) is 31.5 Å². The smallest absolute Gasteiger partial charge is 0.435 e. The Morgan fingerprint density at radius 3 is 2.27 bits per heavy atom. The third-order valence-corrected chi connectivity index (χ3v) is 3.95. The van der Waals surface area contributed by atoms with Gasteiger partial charge in [0.05, 0.1) is 16.8 Å². The van der Waals surface area contributed by atoms with E-state index in [1.165, 1.54) is 12.1 Å². The average Bonchev–Trinajstić information content (AvgIpc) is 3.18. The fraction of sp³-hybridized carbons (Fsp3) is 0.158. The topological polar surface area (TPSA) is 109 Å². The van der Waals surface area contributed by atoms with Crippen LogP contribution < -0.4 is 10.6 Å². The quantitative estimate of drug-likeness (QED) is 0.531. The third-order valence-electron chi connectivity index (χ3n) is 3.95. The summed E-state index contributed by atoms with van der Waals surface area (Å²) in [6.45, 7) is -0.135. The van der Waals surface area contributed by atoms with Crippen LogP contribution in [-0.4, -0.2) is 44.8 Å². The maximum Gasteiger partial charge on any atom is 0.435 e. The highest BCUT2D eigenvalue weighted by Gasteiger charge is 2.39. The van der Waals surface area contributed by atoms with E-state index in [9.17, 15) is 22.8 Å². The first-order chi connectivity index (χ1) is 14.3. The fourth-order valence-corrected chi connectivity index (χ4v) is 2.53. The molecule has 0 aliphatic rings. The van der Waals surface area contributed by atoms with E-state index in [0.717, 1.165) is 17.1 Å². The SMILES string of the molecule is O=C(NCCNC(=O)c1cn(-c2ccccc2)nc1C(F)(F)F)c1ccc(O)nc1. The molecule has 3 N–H and O–H groups in total. The van der Waals surface area contributed by atoms with Crippen molar-refractivity contribution in [2.75, 3.05) is 13.1 Å². The summed E-state index contributed by atoms with van der Waals surface area (Å²) in [5, 5.41) is 17.4. The van der Waals surface area contributed by atoms with E-state index in [-0.39, 0.29) is 24.5 Å². The van der Waals surface area contributed by atoms with Crippen LogP contribution in [0.5, 0.6) is 5.88 Å². The Balaban J connectivity index is 1.64. The van der Waals surface area contributed by atoms with Gasteiger partial charge in [0.15, 0.2) is 5.69 Å². The van der Waals surface area contributed by atoms with Crippen LogP contribution in [0.3, 0.4) is 0 Å². The predicted octanol–water partition coefficient (Wildman–Crippen LogP) is 2.15. The molecule has 11 heteroatoms. The predicted molar refractivity (Wildman–Crippen MR) is 99.1 cm³/mol. The van der Waals surface area contributed by atoms with Crippen molar-refractivity contribution in [3.63, 3.8) is 0 Å². The van der Waals surface area contributed by atoms with Crippen molar-refractivity contribution >= 4 is 11.8 Å². The molecular weight excluding hydrogens is 403 g/mol. The van der Waals surface area contributed by atoms with Crippen LogP contribution >= 0.6 is 0 Å². The minimum atomic E-state index is -4.81.